The van der Waals surface area contributed by atoms with E-state index in [0.717, 1.165) is 16.7 Å². The van der Waals surface area contributed by atoms with Gasteiger partial charge in [-0.1, -0.05) is 34.4 Å². The molecule has 1 aromatic carbocycles. The summed E-state index contributed by atoms with van der Waals surface area (Å²) in [5, 5.41) is 8.74. The second kappa shape index (κ2) is 4.89. The van der Waals surface area contributed by atoms with Crippen LogP contribution in [0, 0.1) is 0 Å². The van der Waals surface area contributed by atoms with Gasteiger partial charge in [-0.05, 0) is 29.1 Å². The molecule has 3 nitrogen and oxygen atoms in total. The van der Waals surface area contributed by atoms with Crippen molar-refractivity contribution in [3.63, 3.8) is 0 Å². The van der Waals surface area contributed by atoms with Gasteiger partial charge in [-0.2, -0.15) is 11.3 Å². The first kappa shape index (κ1) is 12.5. The Hall–Kier alpha value is -1.49. The fraction of sp³-hybridized carbons (Fsp3) is 0. The van der Waals surface area contributed by atoms with Crippen molar-refractivity contribution >= 4 is 40.4 Å². The van der Waals surface area contributed by atoms with Gasteiger partial charge in [-0.3, -0.25) is 0 Å². The molecule has 2 aromatic heterocycles. The van der Waals surface area contributed by atoms with Gasteiger partial charge in [0.2, 0.25) is 0 Å². The van der Waals surface area contributed by atoms with E-state index in [9.17, 15) is 0 Å². The molecule has 0 spiro atoms. The van der Waals surface area contributed by atoms with Crippen LogP contribution in [0.15, 0.2) is 39.5 Å². The zero-order chi connectivity index (χ0) is 13.4. The lowest BCUT2D eigenvalue weighted by molar-refractivity contribution is 0.436. The smallest absolute Gasteiger partial charge is 0.177 e. The van der Waals surface area contributed by atoms with Gasteiger partial charge in [0.25, 0.3) is 0 Å². The highest BCUT2D eigenvalue weighted by atomic mass is 35.5. The summed E-state index contributed by atoms with van der Waals surface area (Å²) in [5.74, 6) is 0.969. The lowest BCUT2D eigenvalue weighted by Gasteiger charge is -2.03. The largest absolute Gasteiger partial charge is 0.380 e. The third-order valence-corrected chi connectivity index (χ3v) is 4.13. The van der Waals surface area contributed by atoms with Crippen LogP contribution in [0.3, 0.4) is 0 Å². The SMILES string of the molecule is Nc1noc(-c2ccsc2)c1-c1ccc(Cl)c(Cl)c1. The second-order valence-corrected chi connectivity index (χ2v) is 5.51. The van der Waals surface area contributed by atoms with E-state index >= 15 is 0 Å². The summed E-state index contributed by atoms with van der Waals surface area (Å²) in [4.78, 5) is 0. The Balaban J connectivity index is 2.19. The van der Waals surface area contributed by atoms with E-state index in [-0.39, 0.29) is 0 Å². The number of nitrogen functional groups attached to an aromatic ring is 1. The summed E-state index contributed by atoms with van der Waals surface area (Å²) < 4.78 is 5.32. The molecule has 96 valence electrons. The lowest BCUT2D eigenvalue weighted by atomic mass is 10.0. The van der Waals surface area contributed by atoms with Gasteiger partial charge in [0, 0.05) is 10.9 Å². The molecule has 3 aromatic rings. The summed E-state index contributed by atoms with van der Waals surface area (Å²) in [6, 6.07) is 7.27. The van der Waals surface area contributed by atoms with Gasteiger partial charge in [0.05, 0.1) is 15.6 Å². The molecule has 0 aliphatic carbocycles. The maximum Gasteiger partial charge on any atom is 0.177 e. The zero-order valence-corrected chi connectivity index (χ0v) is 11.9. The van der Waals surface area contributed by atoms with E-state index in [4.69, 9.17) is 33.5 Å². The average Bonchev–Trinajstić information content (AvgIpc) is 3.01. The number of hydrogen-bond acceptors (Lipinski definition) is 4. The number of aromatic nitrogens is 1. The highest BCUT2D eigenvalue weighted by Gasteiger charge is 2.18. The first-order valence-electron chi connectivity index (χ1n) is 5.40. The molecule has 3 rings (SSSR count). The molecule has 2 N–H and O–H groups in total. The van der Waals surface area contributed by atoms with Crippen LogP contribution in [0.25, 0.3) is 22.5 Å². The van der Waals surface area contributed by atoms with Gasteiger partial charge in [-0.15, -0.1) is 0 Å². The van der Waals surface area contributed by atoms with Crippen molar-refractivity contribution in [3.05, 3.63) is 45.1 Å². The number of rotatable bonds is 2. The maximum absolute atomic E-state index is 6.04. The molecule has 19 heavy (non-hydrogen) atoms. The number of anilines is 1. The third-order valence-electron chi connectivity index (χ3n) is 2.71. The minimum absolute atomic E-state index is 0.333. The Labute approximate surface area is 123 Å². The van der Waals surface area contributed by atoms with E-state index in [1.807, 2.05) is 22.9 Å². The van der Waals surface area contributed by atoms with Crippen LogP contribution < -0.4 is 5.73 Å². The summed E-state index contributed by atoms with van der Waals surface area (Å²) in [6.07, 6.45) is 0. The van der Waals surface area contributed by atoms with Crippen LogP contribution in [0.5, 0.6) is 0 Å². The molecule has 0 atom stereocenters. The molecular formula is C13H8Cl2N2OS. The van der Waals surface area contributed by atoms with Crippen LogP contribution in [0.4, 0.5) is 5.82 Å². The highest BCUT2D eigenvalue weighted by molar-refractivity contribution is 7.08. The van der Waals surface area contributed by atoms with Crippen LogP contribution >= 0.6 is 34.5 Å². The summed E-state index contributed by atoms with van der Waals surface area (Å²) in [6.45, 7) is 0. The van der Waals surface area contributed by atoms with Crippen LogP contribution in [-0.2, 0) is 0 Å². The van der Waals surface area contributed by atoms with Gasteiger partial charge in [0.1, 0.15) is 0 Å². The molecule has 0 saturated heterocycles. The topological polar surface area (TPSA) is 52.0 Å². The minimum Gasteiger partial charge on any atom is -0.380 e. The van der Waals surface area contributed by atoms with Gasteiger partial charge in [0.15, 0.2) is 11.6 Å². The first-order valence-corrected chi connectivity index (χ1v) is 7.10. The quantitative estimate of drug-likeness (QED) is 0.728. The fourth-order valence-corrected chi connectivity index (χ4v) is 2.76. The van der Waals surface area contributed by atoms with Gasteiger partial charge >= 0.3 is 0 Å². The number of halogens is 2. The molecule has 0 saturated carbocycles. The van der Waals surface area contributed by atoms with Crippen molar-refractivity contribution < 1.29 is 4.52 Å². The van der Waals surface area contributed by atoms with Crippen molar-refractivity contribution in [2.45, 2.75) is 0 Å². The lowest BCUT2D eigenvalue weighted by Crippen LogP contribution is -1.88. The molecule has 0 amide bonds. The molecular weight excluding hydrogens is 303 g/mol. The normalized spacial score (nSPS) is 10.8. The van der Waals surface area contributed by atoms with E-state index in [0.29, 0.717) is 21.6 Å². The Kier molecular flexibility index (Phi) is 3.22. The van der Waals surface area contributed by atoms with Crippen molar-refractivity contribution in [2.24, 2.45) is 0 Å². The number of benzene rings is 1. The second-order valence-electron chi connectivity index (χ2n) is 3.91. The highest BCUT2D eigenvalue weighted by Crippen LogP contribution is 2.39. The van der Waals surface area contributed by atoms with Gasteiger partial charge < -0.3 is 10.3 Å². The third kappa shape index (κ3) is 2.23. The molecule has 6 heteroatoms. The van der Waals surface area contributed by atoms with E-state index < -0.39 is 0 Å². The molecule has 0 unspecified atom stereocenters. The minimum atomic E-state index is 0.333. The first-order chi connectivity index (χ1) is 9.16. The number of thiophene rings is 1. The fourth-order valence-electron chi connectivity index (χ4n) is 1.82. The molecule has 0 bridgehead atoms. The monoisotopic (exact) mass is 310 g/mol. The van der Waals surface area contributed by atoms with E-state index in [1.165, 1.54) is 0 Å². The Morgan fingerprint density at radius 2 is 1.95 bits per heavy atom. The number of hydrogen-bond donors (Lipinski definition) is 1. The predicted molar refractivity (Wildman–Crippen MR) is 79.7 cm³/mol. The molecule has 0 aliphatic heterocycles. The average molecular weight is 311 g/mol. The summed E-state index contributed by atoms with van der Waals surface area (Å²) >= 11 is 13.5. The predicted octanol–water partition coefficient (Wildman–Crippen LogP) is 4.96. The van der Waals surface area contributed by atoms with Crippen LogP contribution in [0.2, 0.25) is 10.0 Å². The maximum atomic E-state index is 6.04. The molecule has 0 radical (unpaired) electrons. The molecule has 0 aliphatic rings. The van der Waals surface area contributed by atoms with E-state index in [2.05, 4.69) is 5.16 Å². The summed E-state index contributed by atoms with van der Waals surface area (Å²) in [7, 11) is 0. The number of nitrogens with two attached hydrogens (primary N) is 1. The van der Waals surface area contributed by atoms with Gasteiger partial charge in [-0.25, -0.2) is 0 Å². The van der Waals surface area contributed by atoms with E-state index in [1.54, 1.807) is 23.5 Å². The zero-order valence-electron chi connectivity index (χ0n) is 9.56. The van der Waals surface area contributed by atoms with Crippen molar-refractivity contribution in [1.29, 1.82) is 0 Å². The number of nitrogens with zero attached hydrogens (tertiary/aromatic N) is 1. The van der Waals surface area contributed by atoms with Crippen LogP contribution in [0.1, 0.15) is 0 Å². The molecule has 2 heterocycles. The standard InChI is InChI=1S/C13H8Cl2N2OS/c14-9-2-1-7(5-10(9)15)11-12(18-17-13(11)16)8-3-4-19-6-8/h1-6H,(H2,16,17). The Morgan fingerprint density at radius 1 is 1.11 bits per heavy atom. The molecule has 0 fully saturated rings. The van der Waals surface area contributed by atoms with Crippen molar-refractivity contribution in [2.75, 3.05) is 5.73 Å². The van der Waals surface area contributed by atoms with Crippen molar-refractivity contribution in [1.82, 2.24) is 5.16 Å². The Bertz CT molecular complexity index is 722. The Morgan fingerprint density at radius 3 is 2.63 bits per heavy atom. The van der Waals surface area contributed by atoms with Crippen molar-refractivity contribution in [3.8, 4) is 22.5 Å². The summed E-state index contributed by atoms with van der Waals surface area (Å²) in [5.41, 5.74) is 8.39. The van der Waals surface area contributed by atoms with Crippen LogP contribution in [-0.4, -0.2) is 5.16 Å².